The molecule has 1 amide bonds. The van der Waals surface area contributed by atoms with E-state index >= 15 is 0 Å². The van der Waals surface area contributed by atoms with Crippen LogP contribution in [0, 0.1) is 6.92 Å². The van der Waals surface area contributed by atoms with Gasteiger partial charge in [-0.1, -0.05) is 36.4 Å². The molecule has 2 aromatic rings. The molecule has 0 atom stereocenters. The Balaban J connectivity index is 1.78. The Bertz CT molecular complexity index is 668. The van der Waals surface area contributed by atoms with Gasteiger partial charge in [0.1, 0.15) is 0 Å². The lowest BCUT2D eigenvalue weighted by molar-refractivity contribution is -0.255. The standard InChI is InChI=1S/C17H17NO3S/c1-12-3-2-4-15(9-12)18-16(19)11-22-10-13-5-7-14(8-6-13)17(20)21/h2-9H,10-11H2,1H3,(H,18,19)(H,20,21)/p-1. The summed E-state index contributed by atoms with van der Waals surface area (Å²) in [5.74, 6) is -0.247. The van der Waals surface area contributed by atoms with Crippen molar-refractivity contribution in [3.8, 4) is 0 Å². The maximum atomic E-state index is 11.8. The molecule has 0 radical (unpaired) electrons. The van der Waals surface area contributed by atoms with Crippen molar-refractivity contribution < 1.29 is 14.7 Å². The van der Waals surface area contributed by atoms with E-state index in [1.807, 2.05) is 31.2 Å². The molecule has 4 nitrogen and oxygen atoms in total. The van der Waals surface area contributed by atoms with Crippen molar-refractivity contribution in [3.05, 3.63) is 65.2 Å². The number of rotatable bonds is 6. The van der Waals surface area contributed by atoms with E-state index in [2.05, 4.69) is 5.32 Å². The molecule has 0 aromatic heterocycles. The fraction of sp³-hybridized carbons (Fsp3) is 0.176. The average molecular weight is 314 g/mol. The number of nitrogens with one attached hydrogen (secondary N) is 1. The SMILES string of the molecule is Cc1cccc(NC(=O)CSCc2ccc(C(=O)[O-])cc2)c1. The molecule has 1 N–H and O–H groups in total. The van der Waals surface area contributed by atoms with E-state index in [0.29, 0.717) is 11.5 Å². The summed E-state index contributed by atoms with van der Waals surface area (Å²) in [6.07, 6.45) is 0. The number of aromatic carboxylic acids is 1. The number of carboxylic acid groups (broad SMARTS) is 1. The Morgan fingerprint density at radius 3 is 2.50 bits per heavy atom. The van der Waals surface area contributed by atoms with Crippen LogP contribution in [-0.2, 0) is 10.5 Å². The maximum absolute atomic E-state index is 11.8. The van der Waals surface area contributed by atoms with Crippen LogP contribution in [0.25, 0.3) is 0 Å². The second-order valence-electron chi connectivity index (χ2n) is 4.89. The van der Waals surface area contributed by atoms with Crippen LogP contribution in [0.15, 0.2) is 48.5 Å². The van der Waals surface area contributed by atoms with Gasteiger partial charge in [-0.3, -0.25) is 4.79 Å². The second-order valence-corrected chi connectivity index (χ2v) is 5.88. The third-order valence-corrected chi connectivity index (χ3v) is 4.00. The first kappa shape index (κ1) is 16.1. The first-order valence-corrected chi connectivity index (χ1v) is 7.94. The highest BCUT2D eigenvalue weighted by molar-refractivity contribution is 7.99. The van der Waals surface area contributed by atoms with E-state index in [1.54, 1.807) is 12.1 Å². The Morgan fingerprint density at radius 2 is 1.86 bits per heavy atom. The van der Waals surface area contributed by atoms with Crippen molar-refractivity contribution in [2.24, 2.45) is 0 Å². The summed E-state index contributed by atoms with van der Waals surface area (Å²) in [7, 11) is 0. The highest BCUT2D eigenvalue weighted by Gasteiger charge is 2.03. The summed E-state index contributed by atoms with van der Waals surface area (Å²) in [5.41, 5.74) is 3.02. The molecule has 0 aliphatic rings. The molecule has 0 fully saturated rings. The van der Waals surface area contributed by atoms with Gasteiger partial charge in [0.05, 0.1) is 11.7 Å². The molecule has 114 valence electrons. The molecule has 0 saturated heterocycles. The number of thioether (sulfide) groups is 1. The zero-order valence-corrected chi connectivity index (χ0v) is 13.0. The van der Waals surface area contributed by atoms with Gasteiger partial charge in [0.2, 0.25) is 5.91 Å². The lowest BCUT2D eigenvalue weighted by Gasteiger charge is -2.07. The number of amides is 1. The normalized spacial score (nSPS) is 10.2. The Kier molecular flexibility index (Phi) is 5.61. The van der Waals surface area contributed by atoms with Gasteiger partial charge in [-0.25, -0.2) is 0 Å². The van der Waals surface area contributed by atoms with Crippen molar-refractivity contribution in [2.45, 2.75) is 12.7 Å². The van der Waals surface area contributed by atoms with Crippen LogP contribution < -0.4 is 10.4 Å². The van der Waals surface area contributed by atoms with Crippen LogP contribution in [-0.4, -0.2) is 17.6 Å². The predicted molar refractivity (Wildman–Crippen MR) is 86.7 cm³/mol. The van der Waals surface area contributed by atoms with Crippen molar-refractivity contribution in [2.75, 3.05) is 11.1 Å². The number of carboxylic acids is 1. The van der Waals surface area contributed by atoms with Gasteiger partial charge >= 0.3 is 0 Å². The van der Waals surface area contributed by atoms with E-state index in [4.69, 9.17) is 0 Å². The molecule has 2 aromatic carbocycles. The summed E-state index contributed by atoms with van der Waals surface area (Å²) in [4.78, 5) is 22.5. The van der Waals surface area contributed by atoms with Crippen LogP contribution in [0.4, 0.5) is 5.69 Å². The molecule has 22 heavy (non-hydrogen) atoms. The monoisotopic (exact) mass is 314 g/mol. The van der Waals surface area contributed by atoms with Crippen LogP contribution >= 0.6 is 11.8 Å². The molecule has 0 spiro atoms. The molecule has 0 aliphatic carbocycles. The number of benzene rings is 2. The lowest BCUT2D eigenvalue weighted by atomic mass is 10.1. The minimum atomic E-state index is -1.18. The molecule has 0 saturated carbocycles. The van der Waals surface area contributed by atoms with E-state index < -0.39 is 5.97 Å². The minimum Gasteiger partial charge on any atom is -0.545 e. The number of aryl methyl sites for hydroxylation is 1. The van der Waals surface area contributed by atoms with E-state index in [9.17, 15) is 14.7 Å². The number of hydrogen-bond donors (Lipinski definition) is 1. The average Bonchev–Trinajstić information content (AvgIpc) is 2.47. The number of carbonyl (C=O) groups excluding carboxylic acids is 2. The van der Waals surface area contributed by atoms with Crippen molar-refractivity contribution >= 4 is 29.3 Å². The Labute approximate surface area is 133 Å². The second kappa shape index (κ2) is 7.66. The summed E-state index contributed by atoms with van der Waals surface area (Å²) >= 11 is 1.48. The minimum absolute atomic E-state index is 0.0537. The fourth-order valence-corrected chi connectivity index (χ4v) is 2.71. The zero-order valence-electron chi connectivity index (χ0n) is 12.2. The molecular formula is C17H16NO3S-. The summed E-state index contributed by atoms with van der Waals surface area (Å²) in [6.45, 7) is 1.97. The Morgan fingerprint density at radius 1 is 1.14 bits per heavy atom. The smallest absolute Gasteiger partial charge is 0.234 e. The fourth-order valence-electron chi connectivity index (χ4n) is 1.92. The molecule has 5 heteroatoms. The molecule has 2 rings (SSSR count). The molecule has 0 heterocycles. The lowest BCUT2D eigenvalue weighted by Crippen LogP contribution is -2.21. The van der Waals surface area contributed by atoms with Gasteiger partial charge in [-0.05, 0) is 35.7 Å². The van der Waals surface area contributed by atoms with Crippen LogP contribution in [0.2, 0.25) is 0 Å². The molecule has 0 bridgehead atoms. The maximum Gasteiger partial charge on any atom is 0.234 e. The van der Waals surface area contributed by atoms with Crippen LogP contribution in [0.1, 0.15) is 21.5 Å². The van der Waals surface area contributed by atoms with Crippen LogP contribution in [0.3, 0.4) is 0 Å². The van der Waals surface area contributed by atoms with Gasteiger partial charge in [-0.2, -0.15) is 0 Å². The largest absolute Gasteiger partial charge is 0.545 e. The topological polar surface area (TPSA) is 69.2 Å². The summed E-state index contributed by atoms with van der Waals surface area (Å²) < 4.78 is 0. The van der Waals surface area contributed by atoms with E-state index in [1.165, 1.54) is 23.9 Å². The first-order chi connectivity index (χ1) is 10.5. The summed E-state index contributed by atoms with van der Waals surface area (Å²) in [6, 6.07) is 14.1. The van der Waals surface area contributed by atoms with Crippen molar-refractivity contribution in [3.63, 3.8) is 0 Å². The van der Waals surface area contributed by atoms with Gasteiger partial charge in [0.15, 0.2) is 0 Å². The number of carbonyl (C=O) groups is 2. The zero-order chi connectivity index (χ0) is 15.9. The Hall–Kier alpha value is -2.27. The van der Waals surface area contributed by atoms with E-state index in [-0.39, 0.29) is 11.5 Å². The predicted octanol–water partition coefficient (Wildman–Crippen LogP) is 2.23. The number of anilines is 1. The molecular weight excluding hydrogens is 298 g/mol. The third-order valence-electron chi connectivity index (χ3n) is 2.99. The highest BCUT2D eigenvalue weighted by Crippen LogP contribution is 2.14. The van der Waals surface area contributed by atoms with Crippen LogP contribution in [0.5, 0.6) is 0 Å². The van der Waals surface area contributed by atoms with Crippen molar-refractivity contribution in [1.82, 2.24) is 0 Å². The van der Waals surface area contributed by atoms with E-state index in [0.717, 1.165) is 16.8 Å². The van der Waals surface area contributed by atoms with Gasteiger partial charge < -0.3 is 15.2 Å². The van der Waals surface area contributed by atoms with Gasteiger partial charge in [0, 0.05) is 11.4 Å². The first-order valence-electron chi connectivity index (χ1n) is 6.79. The third kappa shape index (κ3) is 4.93. The number of hydrogen-bond acceptors (Lipinski definition) is 4. The summed E-state index contributed by atoms with van der Waals surface area (Å²) in [5, 5.41) is 13.5. The quantitative estimate of drug-likeness (QED) is 0.888. The van der Waals surface area contributed by atoms with Gasteiger partial charge in [0.25, 0.3) is 0 Å². The molecule has 0 aliphatic heterocycles. The highest BCUT2D eigenvalue weighted by atomic mass is 32.2. The molecule has 0 unspecified atom stereocenters. The van der Waals surface area contributed by atoms with Gasteiger partial charge in [-0.15, -0.1) is 11.8 Å². The van der Waals surface area contributed by atoms with Crippen molar-refractivity contribution in [1.29, 1.82) is 0 Å².